The number of H-pyrrole nitrogens is 1. The number of hydrogen-bond donors (Lipinski definition) is 2. The molecule has 1 aliphatic heterocycles. The highest BCUT2D eigenvalue weighted by Crippen LogP contribution is 2.41. The zero-order valence-electron chi connectivity index (χ0n) is 13.3. The van der Waals surface area contributed by atoms with Gasteiger partial charge < -0.3 is 9.88 Å². The third kappa shape index (κ3) is 2.24. The minimum absolute atomic E-state index is 0.0490. The second kappa shape index (κ2) is 5.52. The Morgan fingerprint density at radius 2 is 2.08 bits per heavy atom. The molecule has 0 aliphatic carbocycles. The van der Waals surface area contributed by atoms with Crippen LogP contribution < -0.4 is 10.9 Å². The molecule has 2 aromatic heterocycles. The fraction of sp³-hybridized carbons (Fsp3) is 0.235. The predicted octanol–water partition coefficient (Wildman–Crippen LogP) is 2.34. The van der Waals surface area contributed by atoms with Crippen molar-refractivity contribution in [2.75, 3.05) is 11.1 Å². The summed E-state index contributed by atoms with van der Waals surface area (Å²) >= 11 is 1.45. The maximum atomic E-state index is 12.9. The molecule has 0 bridgehead atoms. The molecule has 122 valence electrons. The van der Waals surface area contributed by atoms with E-state index in [4.69, 9.17) is 0 Å². The molecule has 1 aliphatic rings. The van der Waals surface area contributed by atoms with Crippen LogP contribution in [0.15, 0.2) is 35.1 Å². The van der Waals surface area contributed by atoms with Gasteiger partial charge in [0.15, 0.2) is 5.82 Å². The van der Waals surface area contributed by atoms with Crippen molar-refractivity contribution in [3.63, 3.8) is 0 Å². The molecule has 0 saturated carbocycles. The summed E-state index contributed by atoms with van der Waals surface area (Å²) in [7, 11) is 1.78. The van der Waals surface area contributed by atoms with E-state index in [1.807, 2.05) is 37.3 Å². The third-order valence-corrected chi connectivity index (χ3v) is 5.59. The number of carbonyl (C=O) groups excluding carboxylic acids is 1. The number of para-hydroxylation sites is 1. The van der Waals surface area contributed by atoms with Crippen LogP contribution in [-0.4, -0.2) is 26.4 Å². The highest BCUT2D eigenvalue weighted by atomic mass is 32.2. The third-order valence-electron chi connectivity index (χ3n) is 4.34. The van der Waals surface area contributed by atoms with Gasteiger partial charge in [0.25, 0.3) is 5.56 Å². The summed E-state index contributed by atoms with van der Waals surface area (Å²) in [6.07, 6.45) is 0. The Kier molecular flexibility index (Phi) is 3.45. The van der Waals surface area contributed by atoms with Crippen molar-refractivity contribution in [3.8, 4) is 0 Å². The molecular weight excluding hydrogens is 324 g/mol. The number of carbonyl (C=O) groups is 1. The summed E-state index contributed by atoms with van der Waals surface area (Å²) in [6.45, 7) is 1.91. The van der Waals surface area contributed by atoms with Gasteiger partial charge in [-0.25, -0.2) is 0 Å². The molecule has 3 heterocycles. The Hall–Kier alpha value is -2.54. The molecule has 7 heteroatoms. The summed E-state index contributed by atoms with van der Waals surface area (Å²) in [5.41, 5.74) is 3.25. The number of aromatic nitrogens is 3. The molecule has 3 aromatic rings. The Bertz CT molecular complexity index is 1020. The lowest BCUT2D eigenvalue weighted by Crippen LogP contribution is -2.23. The van der Waals surface area contributed by atoms with E-state index in [0.717, 1.165) is 22.2 Å². The van der Waals surface area contributed by atoms with Crippen molar-refractivity contribution in [1.82, 2.24) is 14.8 Å². The Morgan fingerprint density at radius 1 is 1.29 bits per heavy atom. The van der Waals surface area contributed by atoms with E-state index in [9.17, 15) is 9.59 Å². The first-order valence-electron chi connectivity index (χ1n) is 7.61. The van der Waals surface area contributed by atoms with Gasteiger partial charge in [0.2, 0.25) is 5.91 Å². The summed E-state index contributed by atoms with van der Waals surface area (Å²) in [5, 5.41) is 10.7. The summed E-state index contributed by atoms with van der Waals surface area (Å²) in [4.78, 5) is 24.9. The zero-order valence-corrected chi connectivity index (χ0v) is 14.1. The smallest absolute Gasteiger partial charge is 0.255 e. The molecule has 0 unspecified atom stereocenters. The number of benzene rings is 1. The molecule has 24 heavy (non-hydrogen) atoms. The first-order chi connectivity index (χ1) is 11.6. The van der Waals surface area contributed by atoms with Crippen LogP contribution >= 0.6 is 11.8 Å². The van der Waals surface area contributed by atoms with Gasteiger partial charge in [0.05, 0.1) is 16.5 Å². The van der Waals surface area contributed by atoms with E-state index < -0.39 is 0 Å². The van der Waals surface area contributed by atoms with Crippen molar-refractivity contribution in [3.05, 3.63) is 57.5 Å². The molecule has 2 N–H and O–H groups in total. The van der Waals surface area contributed by atoms with Crippen LogP contribution in [0.4, 0.5) is 5.82 Å². The maximum Gasteiger partial charge on any atom is 0.255 e. The average molecular weight is 340 g/mol. The average Bonchev–Trinajstić information content (AvgIpc) is 2.83. The van der Waals surface area contributed by atoms with Gasteiger partial charge in [0.1, 0.15) is 0 Å². The first kappa shape index (κ1) is 15.0. The molecule has 0 radical (unpaired) electrons. The van der Waals surface area contributed by atoms with Gasteiger partial charge in [0, 0.05) is 23.9 Å². The lowest BCUT2D eigenvalue weighted by atomic mass is 10.0. The number of pyridine rings is 1. The van der Waals surface area contributed by atoms with Crippen LogP contribution in [-0.2, 0) is 11.8 Å². The maximum absolute atomic E-state index is 12.9. The van der Waals surface area contributed by atoms with Gasteiger partial charge in [-0.2, -0.15) is 5.10 Å². The second-order valence-corrected chi connectivity index (χ2v) is 6.97. The summed E-state index contributed by atoms with van der Waals surface area (Å²) < 4.78 is 1.67. The van der Waals surface area contributed by atoms with Gasteiger partial charge in [-0.05, 0) is 24.4 Å². The fourth-order valence-electron chi connectivity index (χ4n) is 3.14. The first-order valence-corrected chi connectivity index (χ1v) is 8.66. The van der Waals surface area contributed by atoms with Crippen LogP contribution in [0.5, 0.6) is 0 Å². The van der Waals surface area contributed by atoms with Gasteiger partial charge in [-0.3, -0.25) is 14.7 Å². The lowest BCUT2D eigenvalue weighted by Gasteiger charge is -2.17. The molecule has 0 spiro atoms. The molecule has 0 saturated heterocycles. The topological polar surface area (TPSA) is 79.8 Å². The van der Waals surface area contributed by atoms with E-state index in [1.54, 1.807) is 11.6 Å². The molecule has 4 rings (SSSR count). The molecule has 0 fully saturated rings. The van der Waals surface area contributed by atoms with Crippen molar-refractivity contribution < 1.29 is 4.79 Å². The number of nitrogens with one attached hydrogen (secondary N) is 2. The number of rotatable bonds is 1. The largest absolute Gasteiger partial charge is 0.311 e. The minimum Gasteiger partial charge on any atom is -0.311 e. The number of aryl methyl sites for hydroxylation is 2. The SMILES string of the molecule is Cc1[nH]nc2c1[C@@H](c1cc3ccccc3n(C)c1=O)SCC(=O)N2. The van der Waals surface area contributed by atoms with Crippen molar-refractivity contribution in [2.24, 2.45) is 7.05 Å². The Labute approximate surface area is 142 Å². The van der Waals surface area contributed by atoms with Crippen molar-refractivity contribution in [2.45, 2.75) is 12.2 Å². The lowest BCUT2D eigenvalue weighted by molar-refractivity contribution is -0.113. The van der Waals surface area contributed by atoms with Gasteiger partial charge >= 0.3 is 0 Å². The van der Waals surface area contributed by atoms with Crippen LogP contribution in [0, 0.1) is 6.92 Å². The number of thioether (sulfide) groups is 1. The van der Waals surface area contributed by atoms with Gasteiger partial charge in [-0.15, -0.1) is 11.8 Å². The van der Waals surface area contributed by atoms with Gasteiger partial charge in [-0.1, -0.05) is 18.2 Å². The van der Waals surface area contributed by atoms with Crippen molar-refractivity contribution in [1.29, 1.82) is 0 Å². The molecule has 6 nitrogen and oxygen atoms in total. The van der Waals surface area contributed by atoms with Crippen LogP contribution in [0.1, 0.15) is 22.1 Å². The van der Waals surface area contributed by atoms with E-state index in [-0.39, 0.29) is 22.5 Å². The monoisotopic (exact) mass is 340 g/mol. The Balaban J connectivity index is 1.97. The van der Waals surface area contributed by atoms with E-state index in [2.05, 4.69) is 15.5 Å². The predicted molar refractivity (Wildman–Crippen MR) is 95.4 cm³/mol. The van der Waals surface area contributed by atoms with E-state index in [1.165, 1.54) is 11.8 Å². The van der Waals surface area contributed by atoms with E-state index in [0.29, 0.717) is 11.4 Å². The number of nitrogens with zero attached hydrogens (tertiary/aromatic N) is 2. The number of fused-ring (bicyclic) bond motifs is 2. The standard InChI is InChI=1S/C17H16N4O2S/c1-9-14-15(24-8-13(22)18-16(14)20-19-9)11-7-10-5-3-4-6-12(10)21(2)17(11)23/h3-7,15H,8H2,1-2H3,(H2,18,19,20,22)/t15-/m1/s1. The number of anilines is 1. The second-order valence-electron chi connectivity index (χ2n) is 5.87. The van der Waals surface area contributed by atoms with E-state index >= 15 is 0 Å². The molecule has 1 atom stereocenters. The number of aromatic amines is 1. The zero-order chi connectivity index (χ0) is 16.8. The van der Waals surface area contributed by atoms with Crippen LogP contribution in [0.2, 0.25) is 0 Å². The summed E-state index contributed by atoms with van der Waals surface area (Å²) in [5.74, 6) is 0.701. The normalized spacial score (nSPS) is 17.4. The highest BCUT2D eigenvalue weighted by molar-refractivity contribution is 8.00. The molecule has 1 aromatic carbocycles. The highest BCUT2D eigenvalue weighted by Gasteiger charge is 2.30. The number of hydrogen-bond acceptors (Lipinski definition) is 4. The number of amides is 1. The summed E-state index contributed by atoms with van der Waals surface area (Å²) in [6, 6.07) is 9.73. The quantitative estimate of drug-likeness (QED) is 0.713. The van der Waals surface area contributed by atoms with Crippen molar-refractivity contribution >= 4 is 34.4 Å². The Morgan fingerprint density at radius 3 is 2.92 bits per heavy atom. The molecule has 1 amide bonds. The fourth-order valence-corrected chi connectivity index (χ4v) is 4.34. The van der Waals surface area contributed by atoms with Crippen LogP contribution in [0.25, 0.3) is 10.9 Å². The molecular formula is C17H16N4O2S. The van der Waals surface area contributed by atoms with Crippen LogP contribution in [0.3, 0.4) is 0 Å². The minimum atomic E-state index is -0.235.